The predicted molar refractivity (Wildman–Crippen MR) is 98.0 cm³/mol. The normalized spacial score (nSPS) is 20.3. The van der Waals surface area contributed by atoms with E-state index in [1.807, 2.05) is 44.2 Å². The van der Waals surface area contributed by atoms with Crippen molar-refractivity contribution in [2.24, 2.45) is 10.7 Å². The molecule has 4 nitrogen and oxygen atoms in total. The van der Waals surface area contributed by atoms with Gasteiger partial charge in [0.25, 0.3) is 0 Å². The van der Waals surface area contributed by atoms with E-state index >= 15 is 0 Å². The first kappa shape index (κ1) is 16.4. The van der Waals surface area contributed by atoms with Crippen LogP contribution in [0.15, 0.2) is 59.6 Å². The molecule has 1 aliphatic rings. The summed E-state index contributed by atoms with van der Waals surface area (Å²) in [5.41, 5.74) is 8.37. The lowest BCUT2D eigenvalue weighted by molar-refractivity contribution is 0.216. The van der Waals surface area contributed by atoms with E-state index in [9.17, 15) is 0 Å². The maximum atomic E-state index is 6.19. The number of hydrogen-bond donors (Lipinski definition) is 1. The van der Waals surface area contributed by atoms with Crippen molar-refractivity contribution in [2.75, 3.05) is 6.54 Å². The number of nitrogens with zero attached hydrogens (tertiary/aromatic N) is 2. The molecule has 0 saturated heterocycles. The van der Waals surface area contributed by atoms with Crippen LogP contribution >= 0.6 is 0 Å². The number of aliphatic imine (C=N–C) groups is 1. The monoisotopic (exact) mass is 323 g/mol. The van der Waals surface area contributed by atoms with Crippen molar-refractivity contribution < 1.29 is 4.74 Å². The Morgan fingerprint density at radius 2 is 1.79 bits per heavy atom. The third kappa shape index (κ3) is 3.23. The third-order valence-electron chi connectivity index (χ3n) is 4.45. The standard InChI is InChI=1S/C20H25N3O/c1-15(2)24-18-11-9-17(10-12-18)20(3)14-22-19(21)23(20)13-16-7-5-4-6-8-16/h4-12,15H,13-14H2,1-3H3,(H2,21,22). The molecule has 2 N–H and O–H groups in total. The van der Waals surface area contributed by atoms with E-state index in [0.29, 0.717) is 12.5 Å². The molecule has 0 aromatic heterocycles. The lowest BCUT2D eigenvalue weighted by atomic mass is 9.90. The highest BCUT2D eigenvalue weighted by Crippen LogP contribution is 2.34. The summed E-state index contributed by atoms with van der Waals surface area (Å²) in [5.74, 6) is 1.49. The van der Waals surface area contributed by atoms with Crippen molar-refractivity contribution in [2.45, 2.75) is 39.0 Å². The highest BCUT2D eigenvalue weighted by atomic mass is 16.5. The van der Waals surface area contributed by atoms with Crippen LogP contribution in [-0.2, 0) is 12.1 Å². The number of hydrogen-bond acceptors (Lipinski definition) is 4. The van der Waals surface area contributed by atoms with E-state index in [-0.39, 0.29) is 11.6 Å². The van der Waals surface area contributed by atoms with Crippen LogP contribution in [-0.4, -0.2) is 23.5 Å². The van der Waals surface area contributed by atoms with Crippen molar-refractivity contribution in [3.05, 3.63) is 65.7 Å². The van der Waals surface area contributed by atoms with E-state index in [2.05, 4.69) is 41.1 Å². The molecule has 0 radical (unpaired) electrons. The van der Waals surface area contributed by atoms with Crippen LogP contribution in [0.5, 0.6) is 5.75 Å². The van der Waals surface area contributed by atoms with Gasteiger partial charge in [0.15, 0.2) is 5.96 Å². The summed E-state index contributed by atoms with van der Waals surface area (Å²) in [5, 5.41) is 0. The van der Waals surface area contributed by atoms with Crippen LogP contribution < -0.4 is 10.5 Å². The molecule has 1 heterocycles. The van der Waals surface area contributed by atoms with Crippen molar-refractivity contribution in [3.63, 3.8) is 0 Å². The minimum Gasteiger partial charge on any atom is -0.491 e. The Morgan fingerprint density at radius 3 is 2.42 bits per heavy atom. The van der Waals surface area contributed by atoms with Gasteiger partial charge < -0.3 is 15.4 Å². The topological polar surface area (TPSA) is 50.9 Å². The molecule has 0 spiro atoms. The molecule has 0 bridgehead atoms. The Hall–Kier alpha value is -2.49. The highest BCUT2D eigenvalue weighted by molar-refractivity contribution is 5.81. The van der Waals surface area contributed by atoms with Gasteiger partial charge in [-0.25, -0.2) is 0 Å². The number of nitrogens with two attached hydrogens (primary N) is 1. The SMILES string of the molecule is CC(C)Oc1ccc(C2(C)CN=C(N)N2Cc2ccccc2)cc1. The third-order valence-corrected chi connectivity index (χ3v) is 4.45. The molecule has 24 heavy (non-hydrogen) atoms. The average Bonchev–Trinajstić information content (AvgIpc) is 2.85. The molecule has 2 aromatic rings. The fraction of sp³-hybridized carbons (Fsp3) is 0.350. The minimum atomic E-state index is -0.240. The van der Waals surface area contributed by atoms with Crippen molar-refractivity contribution in [1.82, 2.24) is 4.90 Å². The van der Waals surface area contributed by atoms with Gasteiger partial charge in [0.05, 0.1) is 18.2 Å². The lowest BCUT2D eigenvalue weighted by Gasteiger charge is -2.37. The van der Waals surface area contributed by atoms with Gasteiger partial charge in [-0.2, -0.15) is 0 Å². The van der Waals surface area contributed by atoms with E-state index in [1.165, 1.54) is 11.1 Å². The Bertz CT molecular complexity index is 709. The van der Waals surface area contributed by atoms with Gasteiger partial charge in [-0.05, 0) is 44.0 Å². The van der Waals surface area contributed by atoms with Gasteiger partial charge in [-0.15, -0.1) is 0 Å². The van der Waals surface area contributed by atoms with E-state index in [0.717, 1.165) is 12.3 Å². The van der Waals surface area contributed by atoms with Gasteiger partial charge >= 0.3 is 0 Å². The summed E-state index contributed by atoms with van der Waals surface area (Å²) < 4.78 is 5.74. The molecule has 0 amide bonds. The second-order valence-electron chi connectivity index (χ2n) is 6.71. The van der Waals surface area contributed by atoms with Crippen LogP contribution in [0.4, 0.5) is 0 Å². The van der Waals surface area contributed by atoms with E-state index < -0.39 is 0 Å². The predicted octanol–water partition coefficient (Wildman–Crippen LogP) is 3.52. The first-order valence-corrected chi connectivity index (χ1v) is 8.38. The van der Waals surface area contributed by atoms with Crippen LogP contribution in [0, 0.1) is 0 Å². The molecule has 0 saturated carbocycles. The molecule has 4 heteroatoms. The number of rotatable bonds is 5. The average molecular weight is 323 g/mol. The lowest BCUT2D eigenvalue weighted by Crippen LogP contribution is -2.46. The summed E-state index contributed by atoms with van der Waals surface area (Å²) >= 11 is 0. The second kappa shape index (κ2) is 6.56. The summed E-state index contributed by atoms with van der Waals surface area (Å²) in [6.45, 7) is 7.66. The Morgan fingerprint density at radius 1 is 1.12 bits per heavy atom. The maximum Gasteiger partial charge on any atom is 0.192 e. The van der Waals surface area contributed by atoms with Crippen molar-refractivity contribution in [3.8, 4) is 5.75 Å². The fourth-order valence-corrected chi connectivity index (χ4v) is 3.09. The van der Waals surface area contributed by atoms with Gasteiger partial charge in [0, 0.05) is 6.54 Å². The molecule has 1 aliphatic heterocycles. The van der Waals surface area contributed by atoms with Crippen LogP contribution in [0.25, 0.3) is 0 Å². The Kier molecular flexibility index (Phi) is 4.47. The van der Waals surface area contributed by atoms with Crippen LogP contribution in [0.2, 0.25) is 0 Å². The quantitative estimate of drug-likeness (QED) is 0.916. The highest BCUT2D eigenvalue weighted by Gasteiger charge is 2.39. The van der Waals surface area contributed by atoms with Gasteiger partial charge in [0.1, 0.15) is 5.75 Å². The zero-order valence-corrected chi connectivity index (χ0v) is 14.6. The molecule has 3 rings (SSSR count). The van der Waals surface area contributed by atoms with Crippen molar-refractivity contribution in [1.29, 1.82) is 0 Å². The zero-order valence-electron chi connectivity index (χ0n) is 14.6. The summed E-state index contributed by atoms with van der Waals surface area (Å²) in [4.78, 5) is 6.68. The van der Waals surface area contributed by atoms with Crippen LogP contribution in [0.1, 0.15) is 31.9 Å². The number of benzene rings is 2. The van der Waals surface area contributed by atoms with Gasteiger partial charge in [-0.1, -0.05) is 42.5 Å². The first-order chi connectivity index (χ1) is 11.5. The summed E-state index contributed by atoms with van der Waals surface area (Å²) in [6, 6.07) is 18.6. The second-order valence-corrected chi connectivity index (χ2v) is 6.71. The summed E-state index contributed by atoms with van der Waals surface area (Å²) in [6.07, 6.45) is 0.173. The van der Waals surface area contributed by atoms with Crippen molar-refractivity contribution >= 4 is 5.96 Å². The molecule has 1 unspecified atom stereocenters. The Labute approximate surface area is 144 Å². The zero-order chi connectivity index (χ0) is 17.2. The van der Waals surface area contributed by atoms with E-state index in [1.54, 1.807) is 0 Å². The maximum absolute atomic E-state index is 6.19. The Balaban J connectivity index is 1.84. The van der Waals surface area contributed by atoms with Crippen LogP contribution in [0.3, 0.4) is 0 Å². The number of guanidine groups is 1. The fourth-order valence-electron chi connectivity index (χ4n) is 3.09. The number of ether oxygens (including phenoxy) is 1. The van der Waals surface area contributed by atoms with E-state index in [4.69, 9.17) is 10.5 Å². The largest absolute Gasteiger partial charge is 0.491 e. The molecule has 126 valence electrons. The molecular formula is C20H25N3O. The van der Waals surface area contributed by atoms with Gasteiger partial charge in [-0.3, -0.25) is 4.99 Å². The first-order valence-electron chi connectivity index (χ1n) is 8.38. The molecule has 2 aromatic carbocycles. The molecule has 0 fully saturated rings. The summed E-state index contributed by atoms with van der Waals surface area (Å²) in [7, 11) is 0. The minimum absolute atomic E-state index is 0.173. The molecular weight excluding hydrogens is 298 g/mol. The smallest absolute Gasteiger partial charge is 0.192 e. The molecule has 0 aliphatic carbocycles. The van der Waals surface area contributed by atoms with Gasteiger partial charge in [0.2, 0.25) is 0 Å². The molecule has 1 atom stereocenters.